The van der Waals surface area contributed by atoms with Crippen molar-refractivity contribution in [1.82, 2.24) is 0 Å². The molecule has 5 heteroatoms. The molecule has 0 aromatic heterocycles. The van der Waals surface area contributed by atoms with Gasteiger partial charge >= 0.3 is 5.97 Å². The maximum absolute atomic E-state index is 12.5. The molecule has 1 fully saturated rings. The van der Waals surface area contributed by atoms with Gasteiger partial charge in [0, 0.05) is 0 Å². The summed E-state index contributed by atoms with van der Waals surface area (Å²) >= 11 is 0. The Kier molecular flexibility index (Phi) is 6.55. The maximum Gasteiger partial charge on any atom is 0.336 e. The fourth-order valence-corrected chi connectivity index (χ4v) is 4.26. The molecule has 0 radical (unpaired) electrons. The molecule has 25 heavy (non-hydrogen) atoms. The summed E-state index contributed by atoms with van der Waals surface area (Å²) in [5.74, 6) is -0.0348. The number of esters is 1. The number of carbonyl (C=O) groups is 1. The van der Waals surface area contributed by atoms with E-state index < -0.39 is 14.4 Å². The van der Waals surface area contributed by atoms with Gasteiger partial charge in [0.2, 0.25) is 0 Å². The van der Waals surface area contributed by atoms with Gasteiger partial charge in [-0.15, -0.1) is 0 Å². The van der Waals surface area contributed by atoms with E-state index >= 15 is 0 Å². The molecular weight excluding hydrogens is 332 g/mol. The van der Waals surface area contributed by atoms with E-state index in [0.29, 0.717) is 6.61 Å². The molecule has 4 atom stereocenters. The molecule has 2 rings (SSSR count). The van der Waals surface area contributed by atoms with Crippen LogP contribution >= 0.6 is 0 Å². The lowest BCUT2D eigenvalue weighted by molar-refractivity contribution is -0.162. The Hall–Kier alpha value is -0.653. The minimum atomic E-state index is -1.79. The van der Waals surface area contributed by atoms with Gasteiger partial charge in [0.05, 0.1) is 12.7 Å². The molecule has 1 aliphatic carbocycles. The molecule has 0 spiro atoms. The second kappa shape index (κ2) is 7.93. The zero-order chi connectivity index (χ0) is 18.8. The highest BCUT2D eigenvalue weighted by Crippen LogP contribution is 2.37. The van der Waals surface area contributed by atoms with Crippen molar-refractivity contribution in [1.29, 1.82) is 0 Å². The van der Waals surface area contributed by atoms with Gasteiger partial charge in [0.1, 0.15) is 6.10 Å². The lowest BCUT2D eigenvalue weighted by Crippen LogP contribution is -2.42. The standard InChI is InChI=1S/C20H36O4Si/c1-14-9-8-10-16(11-14)24-19(21)18-15(2)12-17(23-18)13-22-25(6,7)20(3,4)5/h11,15-18H,8-10,12-13H2,1-7H3/t15-,16-,17+,18?/m1/s1. The van der Waals surface area contributed by atoms with E-state index in [1.165, 1.54) is 5.57 Å². The molecule has 0 aromatic carbocycles. The Morgan fingerprint density at radius 3 is 2.64 bits per heavy atom. The van der Waals surface area contributed by atoms with E-state index in [9.17, 15) is 4.79 Å². The lowest BCUT2D eigenvalue weighted by Gasteiger charge is -2.36. The smallest absolute Gasteiger partial charge is 0.336 e. The quantitative estimate of drug-likeness (QED) is 0.395. The van der Waals surface area contributed by atoms with Crippen LogP contribution in [0.3, 0.4) is 0 Å². The van der Waals surface area contributed by atoms with Gasteiger partial charge in [0.15, 0.2) is 14.4 Å². The maximum atomic E-state index is 12.5. The molecule has 2 aliphatic rings. The molecule has 0 saturated carbocycles. The molecule has 0 bridgehead atoms. The van der Waals surface area contributed by atoms with Gasteiger partial charge in [-0.2, -0.15) is 0 Å². The van der Waals surface area contributed by atoms with Gasteiger partial charge in [-0.1, -0.05) is 33.3 Å². The van der Waals surface area contributed by atoms with E-state index in [4.69, 9.17) is 13.9 Å². The fraction of sp³-hybridized carbons (Fsp3) is 0.850. The van der Waals surface area contributed by atoms with Crippen LogP contribution in [0.25, 0.3) is 0 Å². The van der Waals surface area contributed by atoms with Crippen molar-refractivity contribution in [3.63, 3.8) is 0 Å². The van der Waals surface area contributed by atoms with Crippen LogP contribution < -0.4 is 0 Å². The fourth-order valence-electron chi connectivity index (χ4n) is 3.22. The molecular formula is C20H36O4Si. The molecule has 1 unspecified atom stereocenters. The molecule has 0 aromatic rings. The second-order valence-corrected chi connectivity index (χ2v) is 14.2. The third-order valence-electron chi connectivity index (χ3n) is 5.96. The average Bonchev–Trinajstić information content (AvgIpc) is 2.85. The molecule has 1 aliphatic heterocycles. The predicted octanol–water partition coefficient (Wildman–Crippen LogP) is 4.84. The van der Waals surface area contributed by atoms with Crippen molar-refractivity contribution in [2.45, 2.75) is 96.7 Å². The number of allylic oxidation sites excluding steroid dienone is 1. The third kappa shape index (κ3) is 5.41. The Labute approximate surface area is 154 Å². The summed E-state index contributed by atoms with van der Waals surface area (Å²) in [6.07, 6.45) is 5.50. The number of ether oxygens (including phenoxy) is 2. The largest absolute Gasteiger partial charge is 0.456 e. The highest BCUT2D eigenvalue weighted by Gasteiger charge is 2.42. The van der Waals surface area contributed by atoms with E-state index in [0.717, 1.165) is 25.7 Å². The summed E-state index contributed by atoms with van der Waals surface area (Å²) in [6, 6.07) is 0. The molecule has 4 nitrogen and oxygen atoms in total. The Bertz CT molecular complexity index is 506. The summed E-state index contributed by atoms with van der Waals surface area (Å²) in [4.78, 5) is 12.5. The van der Waals surface area contributed by atoms with Crippen molar-refractivity contribution in [3.05, 3.63) is 11.6 Å². The number of hydrogen-bond donors (Lipinski definition) is 0. The third-order valence-corrected chi connectivity index (χ3v) is 10.5. The topological polar surface area (TPSA) is 44.8 Å². The predicted molar refractivity (Wildman–Crippen MR) is 103 cm³/mol. The molecule has 1 saturated heterocycles. The van der Waals surface area contributed by atoms with Gasteiger partial charge in [0.25, 0.3) is 0 Å². The minimum absolute atomic E-state index is 0.00897. The number of carbonyl (C=O) groups excluding carboxylic acids is 1. The summed E-state index contributed by atoms with van der Waals surface area (Å²) in [5, 5.41) is 0.181. The SMILES string of the molecule is CC1=C[C@H](OC(=O)C2O[C@H](CO[Si](C)(C)C(C)(C)C)C[C@H]2C)CCC1. The van der Waals surface area contributed by atoms with Crippen LogP contribution in [0.4, 0.5) is 0 Å². The van der Waals surface area contributed by atoms with Crippen molar-refractivity contribution in [3.8, 4) is 0 Å². The van der Waals surface area contributed by atoms with Crippen molar-refractivity contribution < 1.29 is 18.7 Å². The van der Waals surface area contributed by atoms with Crippen LogP contribution in [0.5, 0.6) is 0 Å². The van der Waals surface area contributed by atoms with Crippen molar-refractivity contribution in [2.75, 3.05) is 6.61 Å². The first-order chi connectivity index (χ1) is 11.5. The van der Waals surface area contributed by atoms with Crippen LogP contribution in [0.15, 0.2) is 11.6 Å². The van der Waals surface area contributed by atoms with Crippen LogP contribution in [0.2, 0.25) is 18.1 Å². The normalized spacial score (nSPS) is 30.9. The van der Waals surface area contributed by atoms with E-state index in [-0.39, 0.29) is 29.1 Å². The van der Waals surface area contributed by atoms with Crippen LogP contribution in [-0.2, 0) is 18.7 Å². The Morgan fingerprint density at radius 1 is 1.36 bits per heavy atom. The number of rotatable bonds is 5. The first kappa shape index (κ1) is 20.7. The minimum Gasteiger partial charge on any atom is -0.456 e. The molecule has 144 valence electrons. The summed E-state index contributed by atoms with van der Waals surface area (Å²) in [6.45, 7) is 15.9. The van der Waals surface area contributed by atoms with Gasteiger partial charge in [-0.25, -0.2) is 4.79 Å². The van der Waals surface area contributed by atoms with Crippen LogP contribution in [0, 0.1) is 5.92 Å². The van der Waals surface area contributed by atoms with E-state index in [1.807, 2.05) is 0 Å². The second-order valence-electron chi connectivity index (χ2n) is 9.34. The zero-order valence-corrected chi connectivity index (χ0v) is 18.1. The van der Waals surface area contributed by atoms with Gasteiger partial charge in [-0.05, 0) is 62.7 Å². The van der Waals surface area contributed by atoms with Crippen molar-refractivity contribution in [2.24, 2.45) is 5.92 Å². The van der Waals surface area contributed by atoms with Crippen molar-refractivity contribution >= 4 is 14.3 Å². The average molecular weight is 369 g/mol. The summed E-state index contributed by atoms with van der Waals surface area (Å²) < 4.78 is 18.0. The monoisotopic (exact) mass is 368 g/mol. The van der Waals surface area contributed by atoms with Gasteiger partial charge < -0.3 is 13.9 Å². The first-order valence-corrected chi connectivity index (χ1v) is 12.6. The van der Waals surface area contributed by atoms with Crippen LogP contribution in [-0.4, -0.2) is 39.2 Å². The van der Waals surface area contributed by atoms with E-state index in [1.54, 1.807) is 0 Å². The summed E-state index contributed by atoms with van der Waals surface area (Å²) in [5.41, 5.74) is 1.31. The highest BCUT2D eigenvalue weighted by atomic mass is 28.4. The highest BCUT2D eigenvalue weighted by molar-refractivity contribution is 6.74. The molecule has 1 heterocycles. The van der Waals surface area contributed by atoms with Gasteiger partial charge in [-0.3, -0.25) is 0 Å². The Balaban J connectivity index is 1.86. The van der Waals surface area contributed by atoms with E-state index in [2.05, 4.69) is 53.8 Å². The summed E-state index contributed by atoms with van der Waals surface area (Å²) in [7, 11) is -1.79. The van der Waals surface area contributed by atoms with Crippen LogP contribution in [0.1, 0.15) is 60.3 Å². The Morgan fingerprint density at radius 2 is 2.04 bits per heavy atom. The lowest BCUT2D eigenvalue weighted by atomic mass is 9.98. The first-order valence-electron chi connectivity index (χ1n) is 9.67. The zero-order valence-electron chi connectivity index (χ0n) is 17.1. The molecule has 0 amide bonds. The number of hydrogen-bond acceptors (Lipinski definition) is 4. The molecule has 0 N–H and O–H groups in total.